The molecule has 178 valence electrons. The molecule has 34 heavy (non-hydrogen) atoms. The molecule has 0 aliphatic heterocycles. The van der Waals surface area contributed by atoms with Gasteiger partial charge < -0.3 is 10.6 Å². The topological polar surface area (TPSA) is 104 Å². The second kappa shape index (κ2) is 10.1. The predicted octanol–water partition coefficient (Wildman–Crippen LogP) is 4.80. The minimum Gasteiger partial charge on any atom is -0.350 e. The highest BCUT2D eigenvalue weighted by Gasteiger charge is 2.21. The van der Waals surface area contributed by atoms with Gasteiger partial charge in [-0.3, -0.25) is 14.3 Å². The van der Waals surface area contributed by atoms with E-state index in [4.69, 9.17) is 0 Å². The molecule has 0 spiro atoms. The first-order valence-corrected chi connectivity index (χ1v) is 12.4. The van der Waals surface area contributed by atoms with Gasteiger partial charge in [-0.15, -0.1) is 0 Å². The Morgan fingerprint density at radius 2 is 1.50 bits per heavy atom. The van der Waals surface area contributed by atoms with Gasteiger partial charge in [-0.25, -0.2) is 8.42 Å². The Balaban J connectivity index is 1.89. The van der Waals surface area contributed by atoms with Gasteiger partial charge in [-0.2, -0.15) is 0 Å². The van der Waals surface area contributed by atoms with Crippen LogP contribution < -0.4 is 15.4 Å². The zero-order valence-electron chi connectivity index (χ0n) is 19.9. The van der Waals surface area contributed by atoms with Crippen LogP contribution in [-0.2, 0) is 10.0 Å². The number of anilines is 2. The molecule has 0 atom stereocenters. The summed E-state index contributed by atoms with van der Waals surface area (Å²) < 4.78 is 28.9. The second-order valence-corrected chi connectivity index (χ2v) is 10.2. The second-order valence-electron chi connectivity index (χ2n) is 8.53. The lowest BCUT2D eigenvalue weighted by Crippen LogP contribution is -2.31. The molecule has 3 rings (SSSR count). The predicted molar refractivity (Wildman–Crippen MR) is 135 cm³/mol. The summed E-state index contributed by atoms with van der Waals surface area (Å²) in [5, 5.41) is 5.53. The summed E-state index contributed by atoms with van der Waals surface area (Å²) in [6, 6.07) is 16.5. The van der Waals surface area contributed by atoms with Crippen LogP contribution in [0.15, 0.2) is 65.6 Å². The largest absolute Gasteiger partial charge is 0.350 e. The summed E-state index contributed by atoms with van der Waals surface area (Å²) in [6.07, 6.45) is 0. The minimum absolute atomic E-state index is 0.00552. The average Bonchev–Trinajstić information content (AvgIpc) is 2.75. The maximum absolute atomic E-state index is 13.1. The number of aryl methyl sites for hydroxylation is 3. The molecule has 0 unspecified atom stereocenters. The van der Waals surface area contributed by atoms with E-state index < -0.39 is 15.9 Å². The molecule has 3 N–H and O–H groups in total. The molecule has 0 saturated heterocycles. The highest BCUT2D eigenvalue weighted by molar-refractivity contribution is 7.92. The van der Waals surface area contributed by atoms with E-state index in [1.54, 1.807) is 49.4 Å². The smallest absolute Gasteiger partial charge is 0.262 e. The molecule has 0 fully saturated rings. The molecule has 0 saturated carbocycles. The van der Waals surface area contributed by atoms with Gasteiger partial charge >= 0.3 is 0 Å². The van der Waals surface area contributed by atoms with E-state index >= 15 is 0 Å². The number of hydrogen-bond acceptors (Lipinski definition) is 4. The number of sulfonamides is 1. The third-order valence-corrected chi connectivity index (χ3v) is 6.71. The molecule has 0 aliphatic carbocycles. The lowest BCUT2D eigenvalue weighted by molar-refractivity contribution is 0.0944. The first kappa shape index (κ1) is 25.0. The summed E-state index contributed by atoms with van der Waals surface area (Å²) in [5.41, 5.74) is 3.62. The van der Waals surface area contributed by atoms with Crippen LogP contribution in [0.1, 0.15) is 51.3 Å². The van der Waals surface area contributed by atoms with Crippen molar-refractivity contribution in [1.29, 1.82) is 0 Å². The summed E-state index contributed by atoms with van der Waals surface area (Å²) in [7, 11) is -3.94. The Morgan fingerprint density at radius 3 is 2.18 bits per heavy atom. The van der Waals surface area contributed by atoms with Gasteiger partial charge in [0.15, 0.2) is 0 Å². The standard InChI is InChI=1S/C26H29N3O4S/c1-16(2)27-26(31)21-8-6-7-9-23(21)28-25(30)20-12-11-18(4)24(15-20)34(32,33)29-22-13-10-17(3)14-19(22)5/h6-16,29H,1-5H3,(H,27,31)(H,28,30). The number of amides is 2. The van der Waals surface area contributed by atoms with Gasteiger partial charge in [0.2, 0.25) is 0 Å². The van der Waals surface area contributed by atoms with Crippen LogP contribution in [0.2, 0.25) is 0 Å². The summed E-state index contributed by atoms with van der Waals surface area (Å²) >= 11 is 0. The van der Waals surface area contributed by atoms with Crippen molar-refractivity contribution in [2.24, 2.45) is 0 Å². The van der Waals surface area contributed by atoms with E-state index in [-0.39, 0.29) is 22.4 Å². The Hall–Kier alpha value is -3.65. The Kier molecular flexibility index (Phi) is 7.41. The summed E-state index contributed by atoms with van der Waals surface area (Å²) in [5.74, 6) is -0.830. The van der Waals surface area contributed by atoms with Crippen LogP contribution in [-0.4, -0.2) is 26.3 Å². The average molecular weight is 480 g/mol. The molecule has 7 nitrogen and oxygen atoms in total. The van der Waals surface area contributed by atoms with Gasteiger partial charge in [0.25, 0.3) is 21.8 Å². The molecule has 3 aromatic rings. The van der Waals surface area contributed by atoms with Gasteiger partial charge in [-0.05, 0) is 76.1 Å². The Morgan fingerprint density at radius 1 is 0.794 bits per heavy atom. The fourth-order valence-electron chi connectivity index (χ4n) is 3.48. The monoisotopic (exact) mass is 479 g/mol. The van der Waals surface area contributed by atoms with Gasteiger partial charge in [0.05, 0.1) is 21.8 Å². The normalized spacial score (nSPS) is 11.2. The number of benzene rings is 3. The fourth-order valence-corrected chi connectivity index (χ4v) is 4.89. The SMILES string of the molecule is Cc1ccc(NS(=O)(=O)c2cc(C(=O)Nc3ccccc3C(=O)NC(C)C)ccc2C)c(C)c1. The van der Waals surface area contributed by atoms with Crippen LogP contribution in [0.4, 0.5) is 11.4 Å². The molecule has 3 aromatic carbocycles. The van der Waals surface area contributed by atoms with Crippen molar-refractivity contribution in [3.05, 3.63) is 88.5 Å². The van der Waals surface area contributed by atoms with E-state index in [1.807, 2.05) is 39.8 Å². The molecule has 2 amide bonds. The van der Waals surface area contributed by atoms with Crippen molar-refractivity contribution < 1.29 is 18.0 Å². The van der Waals surface area contributed by atoms with Crippen molar-refractivity contribution in [3.8, 4) is 0 Å². The zero-order valence-corrected chi connectivity index (χ0v) is 20.7. The molecule has 0 heterocycles. The number of carbonyl (C=O) groups excluding carboxylic acids is 2. The molecule has 0 aliphatic rings. The van der Waals surface area contributed by atoms with Gasteiger partial charge in [0, 0.05) is 11.6 Å². The molecule has 8 heteroatoms. The van der Waals surface area contributed by atoms with Gasteiger partial charge in [0.1, 0.15) is 0 Å². The highest BCUT2D eigenvalue weighted by Crippen LogP contribution is 2.24. The maximum Gasteiger partial charge on any atom is 0.262 e. The number of nitrogens with one attached hydrogen (secondary N) is 3. The lowest BCUT2D eigenvalue weighted by atomic mass is 10.1. The fraction of sp³-hybridized carbons (Fsp3) is 0.231. The molecule has 0 radical (unpaired) electrons. The summed E-state index contributed by atoms with van der Waals surface area (Å²) in [4.78, 5) is 25.5. The van der Waals surface area contributed by atoms with Crippen LogP contribution in [0.25, 0.3) is 0 Å². The molecule has 0 aromatic heterocycles. The first-order chi connectivity index (χ1) is 16.0. The quantitative estimate of drug-likeness (QED) is 0.453. The summed E-state index contributed by atoms with van der Waals surface area (Å²) in [6.45, 7) is 9.12. The zero-order chi connectivity index (χ0) is 25.0. The Bertz CT molecular complexity index is 1350. The Labute approximate surface area is 200 Å². The van der Waals surface area contributed by atoms with E-state index in [0.717, 1.165) is 11.1 Å². The van der Waals surface area contributed by atoms with E-state index in [0.29, 0.717) is 22.5 Å². The van der Waals surface area contributed by atoms with Crippen LogP contribution in [0, 0.1) is 20.8 Å². The van der Waals surface area contributed by atoms with E-state index in [9.17, 15) is 18.0 Å². The molecule has 0 bridgehead atoms. The number of rotatable bonds is 7. The third-order valence-electron chi connectivity index (χ3n) is 5.21. The van der Waals surface area contributed by atoms with Crippen LogP contribution >= 0.6 is 0 Å². The van der Waals surface area contributed by atoms with Crippen LogP contribution in [0.3, 0.4) is 0 Å². The third kappa shape index (κ3) is 5.82. The van der Waals surface area contributed by atoms with E-state index in [1.165, 1.54) is 6.07 Å². The lowest BCUT2D eigenvalue weighted by Gasteiger charge is -2.15. The van der Waals surface area contributed by atoms with Crippen LogP contribution in [0.5, 0.6) is 0 Å². The van der Waals surface area contributed by atoms with Crippen molar-refractivity contribution in [2.75, 3.05) is 10.0 Å². The molecular formula is C26H29N3O4S. The van der Waals surface area contributed by atoms with Crippen molar-refractivity contribution in [1.82, 2.24) is 5.32 Å². The molecular weight excluding hydrogens is 450 g/mol. The van der Waals surface area contributed by atoms with Crippen molar-refractivity contribution in [3.63, 3.8) is 0 Å². The van der Waals surface area contributed by atoms with Crippen molar-refractivity contribution >= 4 is 33.2 Å². The number of hydrogen-bond donors (Lipinski definition) is 3. The minimum atomic E-state index is -3.94. The number of para-hydroxylation sites is 1. The maximum atomic E-state index is 13.1. The highest BCUT2D eigenvalue weighted by atomic mass is 32.2. The van der Waals surface area contributed by atoms with Crippen molar-refractivity contribution in [2.45, 2.75) is 45.6 Å². The number of carbonyl (C=O) groups is 2. The first-order valence-electron chi connectivity index (χ1n) is 10.9. The van der Waals surface area contributed by atoms with Gasteiger partial charge in [-0.1, -0.05) is 35.9 Å². The van der Waals surface area contributed by atoms with E-state index in [2.05, 4.69) is 15.4 Å².